The van der Waals surface area contributed by atoms with Gasteiger partial charge in [-0.15, -0.1) is 11.3 Å². The fourth-order valence-electron chi connectivity index (χ4n) is 1.83. The lowest BCUT2D eigenvalue weighted by molar-refractivity contribution is 0.530. The Bertz CT molecular complexity index is 502. The largest absolute Gasteiger partial charge is 0.309 e. The number of aryl methyl sites for hydroxylation is 1. The second-order valence-corrected chi connectivity index (χ2v) is 5.74. The van der Waals surface area contributed by atoms with Gasteiger partial charge in [0.1, 0.15) is 5.01 Å². The Hall–Kier alpha value is -1.19. The van der Waals surface area contributed by atoms with Gasteiger partial charge < -0.3 is 5.32 Å². The van der Waals surface area contributed by atoms with Crippen LogP contribution in [-0.4, -0.2) is 11.0 Å². The minimum absolute atomic E-state index is 0.550. The fourth-order valence-corrected chi connectivity index (χ4v) is 2.65. The van der Waals surface area contributed by atoms with Crippen LogP contribution in [0.2, 0.25) is 0 Å². The number of aromatic nitrogens is 1. The Morgan fingerprint density at radius 3 is 2.58 bits per heavy atom. The molecule has 1 N–H and O–H groups in total. The van der Waals surface area contributed by atoms with Crippen LogP contribution in [0.5, 0.6) is 0 Å². The number of benzene rings is 1. The lowest BCUT2D eigenvalue weighted by Gasteiger charge is -2.08. The fraction of sp³-hybridized carbons (Fsp3) is 0.438. The molecule has 3 heteroatoms. The maximum atomic E-state index is 4.70. The van der Waals surface area contributed by atoms with Gasteiger partial charge in [0.05, 0.1) is 5.69 Å². The summed E-state index contributed by atoms with van der Waals surface area (Å²) < 4.78 is 0. The highest BCUT2D eigenvalue weighted by molar-refractivity contribution is 7.13. The van der Waals surface area contributed by atoms with Crippen LogP contribution in [0.4, 0.5) is 0 Å². The quantitative estimate of drug-likeness (QED) is 0.851. The molecule has 1 aromatic carbocycles. The molecule has 2 rings (SSSR count). The molecule has 0 saturated heterocycles. The molecule has 0 fully saturated rings. The zero-order valence-corrected chi connectivity index (χ0v) is 12.8. The third kappa shape index (κ3) is 3.88. The molecule has 1 atom stereocenters. The number of thiazole rings is 1. The number of hydrogen-bond donors (Lipinski definition) is 1. The van der Waals surface area contributed by atoms with Crippen LogP contribution in [0.1, 0.15) is 38.4 Å². The first kappa shape index (κ1) is 14.2. The van der Waals surface area contributed by atoms with E-state index in [0.717, 1.165) is 30.1 Å². The van der Waals surface area contributed by atoms with Gasteiger partial charge in [-0.05, 0) is 25.3 Å². The molecular weight excluding hydrogens is 252 g/mol. The smallest absolute Gasteiger partial charge is 0.123 e. The van der Waals surface area contributed by atoms with Crippen LogP contribution in [0, 0.1) is 0 Å². The second kappa shape index (κ2) is 6.83. The highest BCUT2D eigenvalue weighted by Crippen LogP contribution is 2.24. The van der Waals surface area contributed by atoms with Gasteiger partial charge >= 0.3 is 0 Å². The summed E-state index contributed by atoms with van der Waals surface area (Å²) >= 11 is 1.72. The van der Waals surface area contributed by atoms with Crippen LogP contribution < -0.4 is 5.32 Å². The van der Waals surface area contributed by atoms with Crippen molar-refractivity contribution >= 4 is 11.3 Å². The van der Waals surface area contributed by atoms with Crippen molar-refractivity contribution in [1.82, 2.24) is 10.3 Å². The van der Waals surface area contributed by atoms with Crippen molar-refractivity contribution in [1.29, 1.82) is 0 Å². The van der Waals surface area contributed by atoms with E-state index in [1.807, 2.05) is 0 Å². The molecule has 1 aromatic heterocycles. The van der Waals surface area contributed by atoms with E-state index in [2.05, 4.69) is 55.7 Å². The van der Waals surface area contributed by atoms with Crippen molar-refractivity contribution in [2.75, 3.05) is 0 Å². The third-order valence-corrected chi connectivity index (χ3v) is 4.35. The zero-order valence-electron chi connectivity index (χ0n) is 11.9. The topological polar surface area (TPSA) is 24.9 Å². The van der Waals surface area contributed by atoms with Crippen LogP contribution in [0.3, 0.4) is 0 Å². The van der Waals surface area contributed by atoms with E-state index in [0.29, 0.717) is 6.04 Å². The van der Waals surface area contributed by atoms with E-state index >= 15 is 0 Å². The van der Waals surface area contributed by atoms with Crippen LogP contribution in [-0.2, 0) is 13.0 Å². The highest BCUT2D eigenvalue weighted by atomic mass is 32.1. The minimum Gasteiger partial charge on any atom is -0.309 e. The van der Waals surface area contributed by atoms with Crippen molar-refractivity contribution in [2.45, 2.75) is 46.2 Å². The lowest BCUT2D eigenvalue weighted by Crippen LogP contribution is -2.24. The lowest BCUT2D eigenvalue weighted by atomic mass is 10.1. The summed E-state index contributed by atoms with van der Waals surface area (Å²) in [5, 5.41) is 6.74. The standard InChI is InChI=1S/C16H22N2S/c1-4-12(3)17-10-15-11-19-16(18-15)14-8-6-13(5-2)7-9-14/h6-9,11-12,17H,4-5,10H2,1-3H3. The summed E-state index contributed by atoms with van der Waals surface area (Å²) in [6, 6.07) is 9.27. The van der Waals surface area contributed by atoms with Crippen LogP contribution in [0.15, 0.2) is 29.6 Å². The van der Waals surface area contributed by atoms with E-state index < -0.39 is 0 Å². The van der Waals surface area contributed by atoms with Crippen molar-refractivity contribution in [3.05, 3.63) is 40.9 Å². The first-order valence-electron chi connectivity index (χ1n) is 7.00. The first-order valence-corrected chi connectivity index (χ1v) is 7.88. The molecule has 0 radical (unpaired) electrons. The van der Waals surface area contributed by atoms with Crippen molar-refractivity contribution in [3.63, 3.8) is 0 Å². The molecule has 2 nitrogen and oxygen atoms in total. The Labute approximate surface area is 119 Å². The van der Waals surface area contributed by atoms with Gasteiger partial charge in [-0.1, -0.05) is 38.1 Å². The predicted octanol–water partition coefficient (Wildman–Crippen LogP) is 4.26. The van der Waals surface area contributed by atoms with E-state index in [-0.39, 0.29) is 0 Å². The number of rotatable bonds is 6. The van der Waals surface area contributed by atoms with E-state index in [1.165, 1.54) is 11.1 Å². The van der Waals surface area contributed by atoms with Gasteiger partial charge in [0, 0.05) is 23.5 Å². The molecule has 2 aromatic rings. The number of nitrogens with one attached hydrogen (secondary N) is 1. The van der Waals surface area contributed by atoms with Gasteiger partial charge in [0.25, 0.3) is 0 Å². The molecule has 19 heavy (non-hydrogen) atoms. The Kier molecular flexibility index (Phi) is 5.11. The second-order valence-electron chi connectivity index (χ2n) is 4.88. The monoisotopic (exact) mass is 274 g/mol. The minimum atomic E-state index is 0.550. The number of nitrogens with zero attached hydrogens (tertiary/aromatic N) is 1. The van der Waals surface area contributed by atoms with E-state index in [4.69, 9.17) is 4.98 Å². The average molecular weight is 274 g/mol. The van der Waals surface area contributed by atoms with Gasteiger partial charge in [-0.3, -0.25) is 0 Å². The molecule has 1 unspecified atom stereocenters. The van der Waals surface area contributed by atoms with Gasteiger partial charge in [0.2, 0.25) is 0 Å². The van der Waals surface area contributed by atoms with Gasteiger partial charge in [0.15, 0.2) is 0 Å². The van der Waals surface area contributed by atoms with Crippen molar-refractivity contribution < 1.29 is 0 Å². The van der Waals surface area contributed by atoms with Gasteiger partial charge in [-0.2, -0.15) is 0 Å². The Morgan fingerprint density at radius 1 is 1.21 bits per heavy atom. The molecule has 0 aliphatic rings. The number of hydrogen-bond acceptors (Lipinski definition) is 3. The van der Waals surface area contributed by atoms with Gasteiger partial charge in [-0.25, -0.2) is 4.98 Å². The summed E-state index contributed by atoms with van der Waals surface area (Å²) in [5.41, 5.74) is 3.73. The molecule has 1 heterocycles. The maximum Gasteiger partial charge on any atom is 0.123 e. The first-order chi connectivity index (χ1) is 9.22. The Morgan fingerprint density at radius 2 is 1.95 bits per heavy atom. The molecule has 0 aliphatic heterocycles. The summed E-state index contributed by atoms with van der Waals surface area (Å²) in [4.78, 5) is 4.70. The van der Waals surface area contributed by atoms with E-state index in [9.17, 15) is 0 Å². The maximum absolute atomic E-state index is 4.70. The van der Waals surface area contributed by atoms with Crippen LogP contribution in [0.25, 0.3) is 10.6 Å². The molecule has 102 valence electrons. The van der Waals surface area contributed by atoms with Crippen LogP contribution >= 0.6 is 11.3 Å². The molecule has 0 bridgehead atoms. The van der Waals surface area contributed by atoms with Crippen molar-refractivity contribution in [2.24, 2.45) is 0 Å². The predicted molar refractivity (Wildman–Crippen MR) is 83.5 cm³/mol. The highest BCUT2D eigenvalue weighted by Gasteiger charge is 2.05. The SMILES string of the molecule is CCc1ccc(-c2nc(CNC(C)CC)cs2)cc1. The molecular formula is C16H22N2S. The molecule has 0 amide bonds. The molecule has 0 saturated carbocycles. The summed E-state index contributed by atoms with van der Waals surface area (Å²) in [7, 11) is 0. The summed E-state index contributed by atoms with van der Waals surface area (Å²) in [6.07, 6.45) is 2.23. The Balaban J connectivity index is 2.03. The van der Waals surface area contributed by atoms with E-state index in [1.54, 1.807) is 11.3 Å². The third-order valence-electron chi connectivity index (χ3n) is 3.40. The van der Waals surface area contributed by atoms with Crippen molar-refractivity contribution in [3.8, 4) is 10.6 Å². The molecule has 0 aliphatic carbocycles. The summed E-state index contributed by atoms with van der Waals surface area (Å²) in [5.74, 6) is 0. The summed E-state index contributed by atoms with van der Waals surface area (Å²) in [6.45, 7) is 7.44. The normalized spacial score (nSPS) is 12.6. The average Bonchev–Trinajstić information content (AvgIpc) is 2.93. The molecule has 0 spiro atoms. The zero-order chi connectivity index (χ0) is 13.7.